The highest BCUT2D eigenvalue weighted by atomic mass is 16.3. The molecule has 0 aromatic heterocycles. The van der Waals surface area contributed by atoms with E-state index < -0.39 is 0 Å². The van der Waals surface area contributed by atoms with Crippen LogP contribution in [0, 0.1) is 24.2 Å². The number of benzene rings is 1. The van der Waals surface area contributed by atoms with Gasteiger partial charge in [-0.1, -0.05) is 13.0 Å². The summed E-state index contributed by atoms with van der Waals surface area (Å²) in [4.78, 5) is 2.21. The molecule has 1 aromatic rings. The van der Waals surface area contributed by atoms with Gasteiger partial charge in [-0.05, 0) is 37.0 Å². The van der Waals surface area contributed by atoms with Crippen LogP contribution in [0.1, 0.15) is 24.5 Å². The van der Waals surface area contributed by atoms with E-state index in [4.69, 9.17) is 5.26 Å². The van der Waals surface area contributed by atoms with Crippen LogP contribution in [0.25, 0.3) is 0 Å². The summed E-state index contributed by atoms with van der Waals surface area (Å²) >= 11 is 0. The Hall–Kier alpha value is -1.53. The molecule has 1 N–H and O–H groups in total. The largest absolute Gasteiger partial charge is 0.393 e. The van der Waals surface area contributed by atoms with Crippen LogP contribution in [0.15, 0.2) is 18.2 Å². The monoisotopic (exact) mass is 230 g/mol. The van der Waals surface area contributed by atoms with Gasteiger partial charge in [0.1, 0.15) is 6.07 Å². The fraction of sp³-hybridized carbons (Fsp3) is 0.500. The van der Waals surface area contributed by atoms with E-state index >= 15 is 0 Å². The standard InChI is InChI=1S/C14H18N2O/c1-10-3-4-12(8-15)13(7-10)16-6-5-14(17)11(2)9-16/h3-4,7,11,14,17H,5-6,9H2,1-2H3. The Morgan fingerprint density at radius 2 is 2.24 bits per heavy atom. The number of aryl methyl sites for hydroxylation is 1. The average Bonchev–Trinajstić information content (AvgIpc) is 2.32. The van der Waals surface area contributed by atoms with Gasteiger partial charge >= 0.3 is 0 Å². The maximum Gasteiger partial charge on any atom is 0.101 e. The zero-order valence-electron chi connectivity index (χ0n) is 10.3. The van der Waals surface area contributed by atoms with Gasteiger partial charge in [0.15, 0.2) is 0 Å². The minimum atomic E-state index is -0.207. The summed E-state index contributed by atoms with van der Waals surface area (Å²) in [6.07, 6.45) is 0.571. The smallest absolute Gasteiger partial charge is 0.101 e. The molecule has 0 spiro atoms. The molecule has 17 heavy (non-hydrogen) atoms. The lowest BCUT2D eigenvalue weighted by Crippen LogP contribution is -2.42. The molecule has 1 aliphatic heterocycles. The zero-order chi connectivity index (χ0) is 12.4. The minimum absolute atomic E-state index is 0.207. The average molecular weight is 230 g/mol. The van der Waals surface area contributed by atoms with E-state index in [2.05, 4.69) is 24.0 Å². The van der Waals surface area contributed by atoms with Crippen molar-refractivity contribution in [1.29, 1.82) is 5.26 Å². The number of nitrogens with zero attached hydrogens (tertiary/aromatic N) is 2. The van der Waals surface area contributed by atoms with Crippen LogP contribution < -0.4 is 4.90 Å². The van der Waals surface area contributed by atoms with Gasteiger partial charge in [0.2, 0.25) is 0 Å². The van der Waals surface area contributed by atoms with Gasteiger partial charge in [-0.2, -0.15) is 5.26 Å². The number of aliphatic hydroxyl groups is 1. The van der Waals surface area contributed by atoms with Crippen molar-refractivity contribution < 1.29 is 5.11 Å². The van der Waals surface area contributed by atoms with Crippen LogP contribution in [0.2, 0.25) is 0 Å². The van der Waals surface area contributed by atoms with Crippen LogP contribution in [0.4, 0.5) is 5.69 Å². The number of rotatable bonds is 1. The van der Waals surface area contributed by atoms with Crippen molar-refractivity contribution >= 4 is 5.69 Å². The fourth-order valence-electron chi connectivity index (χ4n) is 2.35. The predicted molar refractivity (Wildman–Crippen MR) is 67.9 cm³/mol. The zero-order valence-corrected chi connectivity index (χ0v) is 10.3. The van der Waals surface area contributed by atoms with E-state index in [0.717, 1.165) is 36.3 Å². The first-order chi connectivity index (χ1) is 8.11. The van der Waals surface area contributed by atoms with Crippen molar-refractivity contribution in [3.8, 4) is 6.07 Å². The maximum absolute atomic E-state index is 9.73. The van der Waals surface area contributed by atoms with E-state index in [0.29, 0.717) is 0 Å². The van der Waals surface area contributed by atoms with Gasteiger partial charge in [0, 0.05) is 13.1 Å². The van der Waals surface area contributed by atoms with Gasteiger partial charge in [-0.15, -0.1) is 0 Å². The summed E-state index contributed by atoms with van der Waals surface area (Å²) in [6, 6.07) is 8.14. The molecule has 0 bridgehead atoms. The first-order valence-corrected chi connectivity index (χ1v) is 6.05. The van der Waals surface area contributed by atoms with E-state index in [1.165, 1.54) is 0 Å². The van der Waals surface area contributed by atoms with Gasteiger partial charge < -0.3 is 10.0 Å². The van der Waals surface area contributed by atoms with Crippen molar-refractivity contribution in [3.63, 3.8) is 0 Å². The molecular weight excluding hydrogens is 212 g/mol. The summed E-state index contributed by atoms with van der Waals surface area (Å²) in [7, 11) is 0. The highest BCUT2D eigenvalue weighted by molar-refractivity contribution is 5.61. The third-order valence-electron chi connectivity index (χ3n) is 3.47. The minimum Gasteiger partial charge on any atom is -0.393 e. The lowest BCUT2D eigenvalue weighted by Gasteiger charge is -2.36. The van der Waals surface area contributed by atoms with Crippen LogP contribution in [0.5, 0.6) is 0 Å². The third kappa shape index (κ3) is 2.42. The molecule has 0 aliphatic carbocycles. The molecule has 2 unspecified atom stereocenters. The third-order valence-corrected chi connectivity index (χ3v) is 3.47. The summed E-state index contributed by atoms with van der Waals surface area (Å²) in [5.74, 6) is 0.260. The fourth-order valence-corrected chi connectivity index (χ4v) is 2.35. The Labute approximate surface area is 102 Å². The SMILES string of the molecule is Cc1ccc(C#N)c(N2CCC(O)C(C)C2)c1. The number of aliphatic hydroxyl groups excluding tert-OH is 1. The quantitative estimate of drug-likeness (QED) is 0.803. The number of nitriles is 1. The Morgan fingerprint density at radius 3 is 2.88 bits per heavy atom. The van der Waals surface area contributed by atoms with Crippen molar-refractivity contribution in [2.24, 2.45) is 5.92 Å². The highest BCUT2D eigenvalue weighted by Crippen LogP contribution is 2.27. The molecule has 1 saturated heterocycles. The molecular formula is C14H18N2O. The van der Waals surface area contributed by atoms with Gasteiger partial charge in [-0.25, -0.2) is 0 Å². The molecule has 0 amide bonds. The number of hydrogen-bond acceptors (Lipinski definition) is 3. The van der Waals surface area contributed by atoms with Gasteiger partial charge in [0.05, 0.1) is 17.4 Å². The van der Waals surface area contributed by atoms with Crippen molar-refractivity contribution in [3.05, 3.63) is 29.3 Å². The van der Waals surface area contributed by atoms with E-state index in [-0.39, 0.29) is 12.0 Å². The first-order valence-electron chi connectivity index (χ1n) is 6.05. The number of anilines is 1. The Bertz CT molecular complexity index is 450. The van der Waals surface area contributed by atoms with E-state index in [1.54, 1.807) is 0 Å². The predicted octanol–water partition coefficient (Wildman–Crippen LogP) is 2.07. The van der Waals surface area contributed by atoms with Crippen molar-refractivity contribution in [1.82, 2.24) is 0 Å². The summed E-state index contributed by atoms with van der Waals surface area (Å²) < 4.78 is 0. The molecule has 3 heteroatoms. The van der Waals surface area contributed by atoms with Crippen molar-refractivity contribution in [2.45, 2.75) is 26.4 Å². The highest BCUT2D eigenvalue weighted by Gasteiger charge is 2.25. The molecule has 90 valence electrons. The summed E-state index contributed by atoms with van der Waals surface area (Å²) in [6.45, 7) is 5.73. The second-order valence-electron chi connectivity index (χ2n) is 4.91. The summed E-state index contributed by atoms with van der Waals surface area (Å²) in [5.41, 5.74) is 2.89. The molecule has 1 aromatic carbocycles. The molecule has 1 aliphatic rings. The molecule has 0 saturated carbocycles. The first kappa shape index (κ1) is 11.9. The molecule has 1 heterocycles. The van der Waals surface area contributed by atoms with Crippen LogP contribution in [-0.4, -0.2) is 24.3 Å². The second kappa shape index (κ2) is 4.77. The van der Waals surface area contributed by atoms with E-state index in [9.17, 15) is 5.11 Å². The van der Waals surface area contributed by atoms with Crippen LogP contribution in [-0.2, 0) is 0 Å². The lowest BCUT2D eigenvalue weighted by molar-refractivity contribution is 0.0971. The lowest BCUT2D eigenvalue weighted by atomic mass is 9.95. The van der Waals surface area contributed by atoms with Gasteiger partial charge in [-0.3, -0.25) is 0 Å². The second-order valence-corrected chi connectivity index (χ2v) is 4.91. The Morgan fingerprint density at radius 1 is 1.47 bits per heavy atom. The summed E-state index contributed by atoms with van der Waals surface area (Å²) in [5, 5.41) is 18.9. The van der Waals surface area contributed by atoms with Gasteiger partial charge in [0.25, 0.3) is 0 Å². The molecule has 1 fully saturated rings. The molecule has 2 rings (SSSR count). The van der Waals surface area contributed by atoms with E-state index in [1.807, 2.05) is 19.1 Å². The number of piperidine rings is 1. The molecule has 2 atom stereocenters. The van der Waals surface area contributed by atoms with Crippen LogP contribution >= 0.6 is 0 Å². The normalized spacial score (nSPS) is 24.5. The Balaban J connectivity index is 2.28. The maximum atomic E-state index is 9.73. The molecule has 0 radical (unpaired) electrons. The van der Waals surface area contributed by atoms with Crippen molar-refractivity contribution in [2.75, 3.05) is 18.0 Å². The number of hydrogen-bond donors (Lipinski definition) is 1. The van der Waals surface area contributed by atoms with Crippen LogP contribution in [0.3, 0.4) is 0 Å². The Kier molecular flexibility index (Phi) is 3.35. The topological polar surface area (TPSA) is 47.3 Å². The molecule has 3 nitrogen and oxygen atoms in total.